The van der Waals surface area contributed by atoms with Crippen LogP contribution in [0.15, 0.2) is 72.8 Å². The summed E-state index contributed by atoms with van der Waals surface area (Å²) in [5.41, 5.74) is 2.91. The molecule has 3 aromatic rings. The predicted octanol–water partition coefficient (Wildman–Crippen LogP) is 4.03. The summed E-state index contributed by atoms with van der Waals surface area (Å²) >= 11 is 0. The summed E-state index contributed by atoms with van der Waals surface area (Å²) in [5.74, 6) is 1.14. The van der Waals surface area contributed by atoms with Gasteiger partial charge < -0.3 is 14.8 Å². The third-order valence-electron chi connectivity index (χ3n) is 5.28. The molecule has 0 bridgehead atoms. The number of hydrogen-bond donors (Lipinski definition) is 1. The van der Waals surface area contributed by atoms with Crippen LogP contribution in [0.1, 0.15) is 28.4 Å². The average molecular weight is 483 g/mol. The van der Waals surface area contributed by atoms with Gasteiger partial charge in [-0.25, -0.2) is 8.42 Å². The van der Waals surface area contributed by atoms with E-state index in [2.05, 4.69) is 5.32 Å². The zero-order valence-corrected chi connectivity index (χ0v) is 20.5. The predicted molar refractivity (Wildman–Crippen MR) is 134 cm³/mol. The second-order valence-corrected chi connectivity index (χ2v) is 9.64. The zero-order valence-electron chi connectivity index (χ0n) is 19.7. The van der Waals surface area contributed by atoms with Gasteiger partial charge in [0, 0.05) is 11.6 Å². The molecule has 34 heavy (non-hydrogen) atoms. The van der Waals surface area contributed by atoms with Crippen LogP contribution in [0.25, 0.3) is 0 Å². The number of rotatable bonds is 11. The molecule has 0 saturated heterocycles. The van der Waals surface area contributed by atoms with E-state index in [1.54, 1.807) is 37.4 Å². The Morgan fingerprint density at radius 2 is 1.68 bits per heavy atom. The molecule has 0 aliphatic carbocycles. The molecule has 0 unspecified atom stereocenters. The maximum atomic E-state index is 12.5. The molecule has 8 heteroatoms. The first-order valence-electron chi connectivity index (χ1n) is 11.0. The normalized spacial score (nSPS) is 11.0. The van der Waals surface area contributed by atoms with E-state index in [4.69, 9.17) is 9.47 Å². The second-order valence-electron chi connectivity index (χ2n) is 7.73. The van der Waals surface area contributed by atoms with Crippen LogP contribution >= 0.6 is 0 Å². The Balaban J connectivity index is 1.59. The Bertz CT molecular complexity index is 1210. The quantitative estimate of drug-likeness (QED) is 0.417. The molecule has 0 heterocycles. The number of ether oxygens (including phenoxy) is 2. The van der Waals surface area contributed by atoms with E-state index < -0.39 is 10.0 Å². The highest BCUT2D eigenvalue weighted by Crippen LogP contribution is 2.25. The molecule has 1 amide bonds. The second kappa shape index (κ2) is 11.6. The minimum Gasteiger partial charge on any atom is -0.497 e. The number of carbonyl (C=O) groups excluding carboxylic acids is 1. The maximum Gasteiger partial charge on any atom is 0.251 e. The van der Waals surface area contributed by atoms with Crippen LogP contribution in [0.2, 0.25) is 0 Å². The third kappa shape index (κ3) is 6.74. The lowest BCUT2D eigenvalue weighted by Crippen LogP contribution is -2.30. The van der Waals surface area contributed by atoms with Crippen molar-refractivity contribution >= 4 is 21.6 Å². The molecule has 7 nitrogen and oxygen atoms in total. The molecular formula is C26H30N2O5S. The van der Waals surface area contributed by atoms with Crippen molar-refractivity contribution in [2.45, 2.75) is 19.9 Å². The van der Waals surface area contributed by atoms with E-state index in [0.717, 1.165) is 17.5 Å². The first kappa shape index (κ1) is 25.1. The van der Waals surface area contributed by atoms with Gasteiger partial charge in [-0.3, -0.25) is 9.10 Å². The lowest BCUT2D eigenvalue weighted by Gasteiger charge is -2.25. The third-order valence-corrected chi connectivity index (χ3v) is 6.41. The van der Waals surface area contributed by atoms with E-state index in [9.17, 15) is 13.2 Å². The highest BCUT2D eigenvalue weighted by molar-refractivity contribution is 7.92. The van der Waals surface area contributed by atoms with Crippen molar-refractivity contribution in [3.8, 4) is 11.5 Å². The summed E-state index contributed by atoms with van der Waals surface area (Å²) in [5, 5.41) is 2.82. The van der Waals surface area contributed by atoms with E-state index in [1.165, 1.54) is 10.6 Å². The molecule has 3 rings (SSSR count). The van der Waals surface area contributed by atoms with E-state index in [0.29, 0.717) is 35.9 Å². The van der Waals surface area contributed by atoms with Crippen molar-refractivity contribution in [2.24, 2.45) is 0 Å². The van der Waals surface area contributed by atoms with Crippen LogP contribution in [0.4, 0.5) is 5.69 Å². The number of nitrogens with zero attached hydrogens (tertiary/aromatic N) is 1. The molecule has 0 saturated carbocycles. The summed E-state index contributed by atoms with van der Waals surface area (Å²) in [6, 6.07) is 21.7. The topological polar surface area (TPSA) is 84.9 Å². The van der Waals surface area contributed by atoms with Gasteiger partial charge in [-0.1, -0.05) is 43.3 Å². The number of amides is 1. The molecule has 0 radical (unpaired) electrons. The number of para-hydroxylation sites is 1. The Kier molecular flexibility index (Phi) is 8.54. The summed E-state index contributed by atoms with van der Waals surface area (Å²) in [6.45, 7) is 2.84. The average Bonchev–Trinajstić information content (AvgIpc) is 2.85. The van der Waals surface area contributed by atoms with E-state index in [1.807, 2.05) is 49.4 Å². The van der Waals surface area contributed by atoms with Crippen LogP contribution in [-0.4, -0.2) is 40.8 Å². The first-order chi connectivity index (χ1) is 16.3. The zero-order chi connectivity index (χ0) is 24.6. The van der Waals surface area contributed by atoms with Crippen LogP contribution in [-0.2, 0) is 23.0 Å². The van der Waals surface area contributed by atoms with Gasteiger partial charge in [0.25, 0.3) is 5.91 Å². The van der Waals surface area contributed by atoms with Crippen molar-refractivity contribution in [1.82, 2.24) is 5.32 Å². The Hall–Kier alpha value is -3.52. The van der Waals surface area contributed by atoms with Crippen LogP contribution in [0, 0.1) is 0 Å². The molecule has 3 aromatic carbocycles. The van der Waals surface area contributed by atoms with Crippen molar-refractivity contribution in [3.05, 3.63) is 89.5 Å². The number of aryl methyl sites for hydroxylation is 1. The molecule has 1 N–H and O–H groups in total. The van der Waals surface area contributed by atoms with Gasteiger partial charge >= 0.3 is 0 Å². The van der Waals surface area contributed by atoms with E-state index >= 15 is 0 Å². The fourth-order valence-electron chi connectivity index (χ4n) is 3.49. The minimum absolute atomic E-state index is 0.187. The van der Waals surface area contributed by atoms with Crippen molar-refractivity contribution in [2.75, 3.05) is 30.8 Å². The molecule has 0 aliphatic heterocycles. The Morgan fingerprint density at radius 1 is 0.971 bits per heavy atom. The standard InChI is InChI=1S/C26H30N2O5S/c1-4-21-8-5-6-11-25(21)28(34(3,30)31)19-20-12-14-22(15-13-20)26(29)27-16-17-33-24-10-7-9-23(18-24)32-2/h5-15,18H,4,16-17,19H2,1-3H3,(H,27,29). The van der Waals surface area contributed by atoms with Gasteiger partial charge in [0.15, 0.2) is 0 Å². The Labute approximate surface area is 201 Å². The largest absolute Gasteiger partial charge is 0.497 e. The number of methoxy groups -OCH3 is 1. The highest BCUT2D eigenvalue weighted by atomic mass is 32.2. The minimum atomic E-state index is -3.49. The van der Waals surface area contributed by atoms with Gasteiger partial charge in [0.2, 0.25) is 10.0 Å². The van der Waals surface area contributed by atoms with Gasteiger partial charge in [-0.15, -0.1) is 0 Å². The molecule has 0 aromatic heterocycles. The number of hydrogen-bond acceptors (Lipinski definition) is 5. The van der Waals surface area contributed by atoms with E-state index in [-0.39, 0.29) is 12.5 Å². The molecule has 180 valence electrons. The molecule has 0 aliphatic rings. The monoisotopic (exact) mass is 482 g/mol. The van der Waals surface area contributed by atoms with Gasteiger partial charge in [0.1, 0.15) is 18.1 Å². The van der Waals surface area contributed by atoms with Crippen molar-refractivity contribution in [3.63, 3.8) is 0 Å². The van der Waals surface area contributed by atoms with Gasteiger partial charge in [-0.2, -0.15) is 0 Å². The summed E-state index contributed by atoms with van der Waals surface area (Å²) < 4.78 is 37.2. The molecule has 0 atom stereocenters. The summed E-state index contributed by atoms with van der Waals surface area (Å²) in [4.78, 5) is 12.5. The lowest BCUT2D eigenvalue weighted by atomic mass is 10.1. The fraction of sp³-hybridized carbons (Fsp3) is 0.269. The number of benzene rings is 3. The summed E-state index contributed by atoms with van der Waals surface area (Å²) in [6.07, 6.45) is 1.93. The number of sulfonamides is 1. The maximum absolute atomic E-state index is 12.5. The molecule has 0 fully saturated rings. The fourth-order valence-corrected chi connectivity index (χ4v) is 4.41. The van der Waals surface area contributed by atoms with Gasteiger partial charge in [-0.05, 0) is 47.9 Å². The smallest absolute Gasteiger partial charge is 0.251 e. The van der Waals surface area contributed by atoms with Crippen molar-refractivity contribution in [1.29, 1.82) is 0 Å². The number of anilines is 1. The molecule has 0 spiro atoms. The summed E-state index contributed by atoms with van der Waals surface area (Å²) in [7, 11) is -1.89. The van der Waals surface area contributed by atoms with Crippen LogP contribution in [0.3, 0.4) is 0 Å². The molecular weight excluding hydrogens is 452 g/mol. The SMILES string of the molecule is CCc1ccccc1N(Cc1ccc(C(=O)NCCOc2cccc(OC)c2)cc1)S(C)(=O)=O. The highest BCUT2D eigenvalue weighted by Gasteiger charge is 2.20. The first-order valence-corrected chi connectivity index (χ1v) is 12.9. The lowest BCUT2D eigenvalue weighted by molar-refractivity contribution is 0.0947. The Morgan fingerprint density at radius 3 is 2.35 bits per heavy atom. The number of carbonyl (C=O) groups is 1. The van der Waals surface area contributed by atoms with Crippen LogP contribution < -0.4 is 19.1 Å². The van der Waals surface area contributed by atoms with Gasteiger partial charge in [0.05, 0.1) is 32.1 Å². The van der Waals surface area contributed by atoms with Crippen LogP contribution in [0.5, 0.6) is 11.5 Å². The van der Waals surface area contributed by atoms with Crippen molar-refractivity contribution < 1.29 is 22.7 Å². The number of nitrogens with one attached hydrogen (secondary N) is 1.